The van der Waals surface area contributed by atoms with E-state index in [9.17, 15) is 4.79 Å². The van der Waals surface area contributed by atoms with E-state index in [-0.39, 0.29) is 5.91 Å². The summed E-state index contributed by atoms with van der Waals surface area (Å²) in [5.41, 5.74) is 2.95. The second-order valence-electron chi connectivity index (χ2n) is 5.96. The van der Waals surface area contributed by atoms with Crippen LogP contribution in [0.4, 0.5) is 5.69 Å². The monoisotopic (exact) mass is 274 g/mol. The molecule has 0 spiro atoms. The molecule has 0 heterocycles. The molecule has 1 aliphatic rings. The van der Waals surface area contributed by atoms with Crippen molar-refractivity contribution < 1.29 is 4.79 Å². The number of aryl methyl sites for hydroxylation is 1. The van der Waals surface area contributed by atoms with Crippen molar-refractivity contribution in [3.8, 4) is 0 Å². The summed E-state index contributed by atoms with van der Waals surface area (Å²) in [4.78, 5) is 14.5. The molecule has 2 rings (SSSR count). The SMILES string of the molecule is CCCNc1cc(C)ccc1C(=O)N(C)CC1CCC1. The number of benzene rings is 1. The van der Waals surface area contributed by atoms with Gasteiger partial charge in [-0.3, -0.25) is 4.79 Å². The first kappa shape index (κ1) is 14.9. The fraction of sp³-hybridized carbons (Fsp3) is 0.588. The van der Waals surface area contributed by atoms with Gasteiger partial charge in [0.2, 0.25) is 0 Å². The molecule has 1 aliphatic carbocycles. The highest BCUT2D eigenvalue weighted by molar-refractivity contribution is 5.99. The maximum Gasteiger partial charge on any atom is 0.255 e. The Labute approximate surface area is 122 Å². The Balaban J connectivity index is 2.10. The van der Waals surface area contributed by atoms with E-state index in [2.05, 4.69) is 25.2 Å². The number of amides is 1. The minimum Gasteiger partial charge on any atom is -0.384 e. The van der Waals surface area contributed by atoms with Gasteiger partial charge in [0.05, 0.1) is 5.56 Å². The molecular weight excluding hydrogens is 248 g/mol. The predicted molar refractivity (Wildman–Crippen MR) is 84.3 cm³/mol. The van der Waals surface area contributed by atoms with Gasteiger partial charge in [-0.1, -0.05) is 19.4 Å². The van der Waals surface area contributed by atoms with Crippen LogP contribution in [-0.2, 0) is 0 Å². The fourth-order valence-corrected chi connectivity index (χ4v) is 2.60. The average molecular weight is 274 g/mol. The maximum atomic E-state index is 12.6. The first-order valence-electron chi connectivity index (χ1n) is 7.71. The number of nitrogens with zero attached hydrogens (tertiary/aromatic N) is 1. The standard InChI is InChI=1S/C17H26N2O/c1-4-10-18-16-11-13(2)8-9-15(16)17(20)19(3)12-14-6-5-7-14/h8-9,11,14,18H,4-7,10,12H2,1-3H3. The molecule has 0 aliphatic heterocycles. The Kier molecular flexibility index (Phi) is 5.05. The van der Waals surface area contributed by atoms with Crippen LogP contribution in [0.1, 0.15) is 48.5 Å². The van der Waals surface area contributed by atoms with E-state index in [1.54, 1.807) is 0 Å². The lowest BCUT2D eigenvalue weighted by Crippen LogP contribution is -2.34. The van der Waals surface area contributed by atoms with Crippen LogP contribution in [0.15, 0.2) is 18.2 Å². The van der Waals surface area contributed by atoms with Gasteiger partial charge in [0.25, 0.3) is 5.91 Å². The van der Waals surface area contributed by atoms with Crippen molar-refractivity contribution in [2.45, 2.75) is 39.5 Å². The summed E-state index contributed by atoms with van der Waals surface area (Å²) in [5.74, 6) is 0.844. The van der Waals surface area contributed by atoms with Gasteiger partial charge in [0.1, 0.15) is 0 Å². The van der Waals surface area contributed by atoms with Crippen LogP contribution in [0.3, 0.4) is 0 Å². The van der Waals surface area contributed by atoms with Gasteiger partial charge in [-0.05, 0) is 49.8 Å². The fourth-order valence-electron chi connectivity index (χ4n) is 2.60. The highest BCUT2D eigenvalue weighted by Crippen LogP contribution is 2.28. The zero-order chi connectivity index (χ0) is 14.5. The van der Waals surface area contributed by atoms with Crippen LogP contribution in [0, 0.1) is 12.8 Å². The number of carbonyl (C=O) groups is 1. The molecule has 1 amide bonds. The Hall–Kier alpha value is -1.51. The number of nitrogens with one attached hydrogen (secondary N) is 1. The van der Waals surface area contributed by atoms with Crippen LogP contribution < -0.4 is 5.32 Å². The number of anilines is 1. The third-order valence-corrected chi connectivity index (χ3v) is 4.07. The van der Waals surface area contributed by atoms with Crippen molar-refractivity contribution in [2.24, 2.45) is 5.92 Å². The normalized spacial score (nSPS) is 14.8. The second-order valence-corrected chi connectivity index (χ2v) is 5.96. The largest absolute Gasteiger partial charge is 0.384 e. The van der Waals surface area contributed by atoms with Crippen molar-refractivity contribution in [1.29, 1.82) is 0 Å². The van der Waals surface area contributed by atoms with E-state index < -0.39 is 0 Å². The molecule has 1 N–H and O–H groups in total. The van der Waals surface area contributed by atoms with Gasteiger partial charge in [-0.15, -0.1) is 0 Å². The number of carbonyl (C=O) groups excluding carboxylic acids is 1. The molecule has 110 valence electrons. The minimum absolute atomic E-state index is 0.135. The van der Waals surface area contributed by atoms with E-state index in [1.165, 1.54) is 24.8 Å². The lowest BCUT2D eigenvalue weighted by Gasteiger charge is -2.30. The van der Waals surface area contributed by atoms with Crippen LogP contribution in [0.5, 0.6) is 0 Å². The molecule has 1 aromatic rings. The molecule has 1 fully saturated rings. The van der Waals surface area contributed by atoms with Crippen molar-refractivity contribution in [3.63, 3.8) is 0 Å². The first-order valence-corrected chi connectivity index (χ1v) is 7.71. The Morgan fingerprint density at radius 2 is 2.15 bits per heavy atom. The summed E-state index contributed by atoms with van der Waals surface area (Å²) in [6.45, 7) is 5.98. The summed E-state index contributed by atoms with van der Waals surface area (Å²) in [6.07, 6.45) is 4.92. The van der Waals surface area contributed by atoms with E-state index >= 15 is 0 Å². The van der Waals surface area contributed by atoms with Crippen LogP contribution in [0.25, 0.3) is 0 Å². The molecular formula is C17H26N2O. The molecule has 0 aromatic heterocycles. The summed E-state index contributed by atoms with van der Waals surface area (Å²) < 4.78 is 0. The lowest BCUT2D eigenvalue weighted by molar-refractivity contribution is 0.0746. The van der Waals surface area contributed by atoms with E-state index in [1.807, 2.05) is 24.1 Å². The summed E-state index contributed by atoms with van der Waals surface area (Å²) in [5, 5.41) is 3.37. The van der Waals surface area contributed by atoms with Gasteiger partial charge < -0.3 is 10.2 Å². The van der Waals surface area contributed by atoms with Crippen LogP contribution in [0.2, 0.25) is 0 Å². The molecule has 0 bridgehead atoms. The van der Waals surface area contributed by atoms with Gasteiger partial charge in [0.15, 0.2) is 0 Å². The summed E-state index contributed by atoms with van der Waals surface area (Å²) in [6, 6.07) is 6.04. The van der Waals surface area contributed by atoms with Gasteiger partial charge in [-0.25, -0.2) is 0 Å². The van der Waals surface area contributed by atoms with Gasteiger partial charge in [0, 0.05) is 25.8 Å². The molecule has 20 heavy (non-hydrogen) atoms. The Morgan fingerprint density at radius 1 is 1.40 bits per heavy atom. The maximum absolute atomic E-state index is 12.6. The first-order chi connectivity index (χ1) is 9.61. The van der Waals surface area contributed by atoms with Crippen LogP contribution >= 0.6 is 0 Å². The number of hydrogen-bond donors (Lipinski definition) is 1. The molecule has 0 unspecified atom stereocenters. The van der Waals surface area contributed by atoms with Gasteiger partial charge in [-0.2, -0.15) is 0 Å². The van der Waals surface area contributed by atoms with E-state index in [0.717, 1.165) is 30.8 Å². The Bertz CT molecular complexity index is 466. The molecule has 0 saturated heterocycles. The van der Waals surface area contributed by atoms with E-state index in [4.69, 9.17) is 0 Å². The third kappa shape index (κ3) is 3.53. The summed E-state index contributed by atoms with van der Waals surface area (Å²) in [7, 11) is 1.92. The minimum atomic E-state index is 0.135. The highest BCUT2D eigenvalue weighted by atomic mass is 16.2. The molecule has 1 aromatic carbocycles. The zero-order valence-corrected chi connectivity index (χ0v) is 12.9. The molecule has 3 heteroatoms. The average Bonchev–Trinajstić information content (AvgIpc) is 2.39. The van der Waals surface area contributed by atoms with Crippen molar-refractivity contribution in [3.05, 3.63) is 29.3 Å². The van der Waals surface area contributed by atoms with Crippen molar-refractivity contribution in [1.82, 2.24) is 4.90 Å². The Morgan fingerprint density at radius 3 is 2.75 bits per heavy atom. The molecule has 1 saturated carbocycles. The number of hydrogen-bond acceptors (Lipinski definition) is 2. The van der Waals surface area contributed by atoms with E-state index in [0.29, 0.717) is 5.92 Å². The molecule has 0 atom stereocenters. The topological polar surface area (TPSA) is 32.3 Å². The second kappa shape index (κ2) is 6.78. The lowest BCUT2D eigenvalue weighted by atomic mass is 9.85. The summed E-state index contributed by atoms with van der Waals surface area (Å²) >= 11 is 0. The highest BCUT2D eigenvalue weighted by Gasteiger charge is 2.23. The molecule has 0 radical (unpaired) electrons. The zero-order valence-electron chi connectivity index (χ0n) is 12.9. The quantitative estimate of drug-likeness (QED) is 0.858. The smallest absolute Gasteiger partial charge is 0.255 e. The van der Waals surface area contributed by atoms with Gasteiger partial charge >= 0.3 is 0 Å². The van der Waals surface area contributed by atoms with Crippen molar-refractivity contribution in [2.75, 3.05) is 25.5 Å². The predicted octanol–water partition coefficient (Wildman–Crippen LogP) is 3.69. The number of rotatable bonds is 6. The third-order valence-electron chi connectivity index (χ3n) is 4.07. The molecule has 3 nitrogen and oxygen atoms in total. The van der Waals surface area contributed by atoms with Crippen molar-refractivity contribution >= 4 is 11.6 Å². The van der Waals surface area contributed by atoms with Crippen LogP contribution in [-0.4, -0.2) is 30.9 Å².